The molecule has 0 saturated carbocycles. The highest BCUT2D eigenvalue weighted by Crippen LogP contribution is 2.09. The smallest absolute Gasteiger partial charge is 0.131 e. The quantitative estimate of drug-likeness (QED) is 0.615. The number of nitrogens with one attached hydrogen (secondary N) is 1. The average molecular weight is 169 g/mol. The zero-order valence-electron chi connectivity index (χ0n) is 8.31. The number of hydrogen-bond donors (Lipinski definition) is 1. The zero-order valence-corrected chi connectivity index (χ0v) is 8.31. The third-order valence-electron chi connectivity index (χ3n) is 1.98. The number of carbonyl (C=O) groups is 1. The summed E-state index contributed by atoms with van der Waals surface area (Å²) in [6, 6.07) is 0.273. The van der Waals surface area contributed by atoms with Crippen LogP contribution in [0.2, 0.25) is 0 Å². The summed E-state index contributed by atoms with van der Waals surface area (Å²) in [5.41, 5.74) is 1.20. The standard InChI is InChI=1S/C10H19NO/c1-5-8(2)6-10(11-4)7-9(3)12/h10-11H,2,5-7H2,1,3-4H3. The Bertz CT molecular complexity index is 163. The predicted octanol–water partition coefficient (Wildman–Crippen LogP) is 1.91. The Hall–Kier alpha value is -0.630. The molecule has 2 heteroatoms. The van der Waals surface area contributed by atoms with Crippen LogP contribution in [0, 0.1) is 0 Å². The van der Waals surface area contributed by atoms with E-state index in [-0.39, 0.29) is 11.8 Å². The van der Waals surface area contributed by atoms with Crippen LogP contribution in [0.25, 0.3) is 0 Å². The minimum atomic E-state index is 0.234. The third-order valence-corrected chi connectivity index (χ3v) is 1.98. The van der Waals surface area contributed by atoms with Crippen molar-refractivity contribution in [3.05, 3.63) is 12.2 Å². The molecule has 2 nitrogen and oxygen atoms in total. The second-order valence-corrected chi connectivity index (χ2v) is 3.20. The Balaban J connectivity index is 3.82. The fourth-order valence-electron chi connectivity index (χ4n) is 1.12. The highest BCUT2D eigenvalue weighted by atomic mass is 16.1. The summed E-state index contributed by atoms with van der Waals surface area (Å²) in [7, 11) is 1.89. The van der Waals surface area contributed by atoms with Gasteiger partial charge in [-0.1, -0.05) is 19.1 Å². The van der Waals surface area contributed by atoms with Crippen molar-refractivity contribution in [1.29, 1.82) is 0 Å². The van der Waals surface area contributed by atoms with Crippen molar-refractivity contribution >= 4 is 5.78 Å². The normalized spacial score (nSPS) is 12.6. The number of hydrogen-bond acceptors (Lipinski definition) is 2. The van der Waals surface area contributed by atoms with E-state index < -0.39 is 0 Å². The first-order valence-electron chi connectivity index (χ1n) is 4.43. The molecule has 0 heterocycles. The molecule has 0 aromatic rings. The van der Waals surface area contributed by atoms with Crippen LogP contribution in [-0.4, -0.2) is 18.9 Å². The van der Waals surface area contributed by atoms with Gasteiger partial charge in [0.1, 0.15) is 5.78 Å². The van der Waals surface area contributed by atoms with Gasteiger partial charge in [0.15, 0.2) is 0 Å². The van der Waals surface area contributed by atoms with Crippen molar-refractivity contribution in [3.63, 3.8) is 0 Å². The fraction of sp³-hybridized carbons (Fsp3) is 0.700. The molecule has 0 aromatic carbocycles. The van der Waals surface area contributed by atoms with Crippen LogP contribution in [0.15, 0.2) is 12.2 Å². The maximum absolute atomic E-state index is 10.8. The highest BCUT2D eigenvalue weighted by Gasteiger charge is 2.08. The molecule has 1 N–H and O–H groups in total. The molecule has 0 radical (unpaired) electrons. The Morgan fingerprint density at radius 1 is 1.50 bits per heavy atom. The van der Waals surface area contributed by atoms with Crippen LogP contribution in [0.1, 0.15) is 33.1 Å². The molecule has 0 rings (SSSR count). The molecule has 0 aromatic heterocycles. The topological polar surface area (TPSA) is 29.1 Å². The van der Waals surface area contributed by atoms with Crippen molar-refractivity contribution in [3.8, 4) is 0 Å². The summed E-state index contributed by atoms with van der Waals surface area (Å²) in [4.78, 5) is 10.8. The van der Waals surface area contributed by atoms with Gasteiger partial charge in [-0.05, 0) is 26.8 Å². The molecule has 12 heavy (non-hydrogen) atoms. The van der Waals surface area contributed by atoms with Gasteiger partial charge in [0.05, 0.1) is 0 Å². The first-order valence-corrected chi connectivity index (χ1v) is 4.43. The van der Waals surface area contributed by atoms with Crippen LogP contribution >= 0.6 is 0 Å². The largest absolute Gasteiger partial charge is 0.316 e. The second kappa shape index (κ2) is 5.95. The van der Waals surface area contributed by atoms with Crippen LogP contribution in [0.4, 0.5) is 0 Å². The molecule has 70 valence electrons. The first kappa shape index (κ1) is 11.4. The monoisotopic (exact) mass is 169 g/mol. The molecule has 1 unspecified atom stereocenters. The molecule has 1 atom stereocenters. The Labute approximate surface area is 75.0 Å². The number of rotatable bonds is 6. The van der Waals surface area contributed by atoms with Gasteiger partial charge in [-0.15, -0.1) is 0 Å². The maximum atomic E-state index is 10.8. The minimum absolute atomic E-state index is 0.234. The Morgan fingerprint density at radius 3 is 2.42 bits per heavy atom. The third kappa shape index (κ3) is 5.08. The van der Waals surface area contributed by atoms with Crippen molar-refractivity contribution in [2.24, 2.45) is 0 Å². The molecule has 0 aliphatic carbocycles. The van der Waals surface area contributed by atoms with Crippen molar-refractivity contribution < 1.29 is 4.79 Å². The lowest BCUT2D eigenvalue weighted by Crippen LogP contribution is -2.27. The van der Waals surface area contributed by atoms with Gasteiger partial charge in [-0.3, -0.25) is 4.79 Å². The summed E-state index contributed by atoms with van der Waals surface area (Å²) >= 11 is 0. The van der Waals surface area contributed by atoms with Gasteiger partial charge in [0.25, 0.3) is 0 Å². The lowest BCUT2D eigenvalue weighted by Gasteiger charge is -2.14. The van der Waals surface area contributed by atoms with Gasteiger partial charge >= 0.3 is 0 Å². The second-order valence-electron chi connectivity index (χ2n) is 3.20. The van der Waals surface area contributed by atoms with E-state index in [1.165, 1.54) is 5.57 Å². The fourth-order valence-corrected chi connectivity index (χ4v) is 1.12. The summed E-state index contributed by atoms with van der Waals surface area (Å²) in [6.07, 6.45) is 2.51. The van der Waals surface area contributed by atoms with Crippen LogP contribution in [0.5, 0.6) is 0 Å². The van der Waals surface area contributed by atoms with E-state index in [0.717, 1.165) is 12.8 Å². The summed E-state index contributed by atoms with van der Waals surface area (Å²) in [5, 5.41) is 3.12. The lowest BCUT2D eigenvalue weighted by atomic mass is 10.0. The van der Waals surface area contributed by atoms with Crippen molar-refractivity contribution in [2.75, 3.05) is 7.05 Å². The molecule has 0 saturated heterocycles. The zero-order chi connectivity index (χ0) is 9.56. The maximum Gasteiger partial charge on any atom is 0.131 e. The molecule has 0 bridgehead atoms. The number of Topliss-reactive ketones (excluding diaryl/α,β-unsaturated/α-hetero) is 1. The Kier molecular flexibility index (Phi) is 5.64. The van der Waals surface area contributed by atoms with Gasteiger partial charge < -0.3 is 5.32 Å². The van der Waals surface area contributed by atoms with E-state index >= 15 is 0 Å². The van der Waals surface area contributed by atoms with Gasteiger partial charge in [-0.2, -0.15) is 0 Å². The van der Waals surface area contributed by atoms with Crippen molar-refractivity contribution in [1.82, 2.24) is 5.32 Å². The van der Waals surface area contributed by atoms with Crippen molar-refractivity contribution in [2.45, 2.75) is 39.2 Å². The number of carbonyl (C=O) groups excluding carboxylic acids is 1. The van der Waals surface area contributed by atoms with Gasteiger partial charge in [0, 0.05) is 12.5 Å². The summed E-state index contributed by atoms with van der Waals surface area (Å²) in [6.45, 7) is 7.63. The minimum Gasteiger partial charge on any atom is -0.316 e. The van der Waals surface area contributed by atoms with Crippen LogP contribution in [0.3, 0.4) is 0 Å². The molecule has 0 fully saturated rings. The summed E-state index contributed by atoms with van der Waals surface area (Å²) in [5.74, 6) is 0.234. The predicted molar refractivity (Wildman–Crippen MR) is 52.2 cm³/mol. The number of ketones is 1. The van der Waals surface area contributed by atoms with Gasteiger partial charge in [-0.25, -0.2) is 0 Å². The van der Waals surface area contributed by atoms with Crippen LogP contribution in [-0.2, 0) is 4.79 Å². The van der Waals surface area contributed by atoms with E-state index in [4.69, 9.17) is 0 Å². The summed E-state index contributed by atoms with van der Waals surface area (Å²) < 4.78 is 0. The average Bonchev–Trinajstić information content (AvgIpc) is 2.02. The van der Waals surface area contributed by atoms with E-state index in [1.807, 2.05) is 7.05 Å². The Morgan fingerprint density at radius 2 is 2.08 bits per heavy atom. The SMILES string of the molecule is C=C(CC)CC(CC(C)=O)NC. The van der Waals surface area contributed by atoms with E-state index in [2.05, 4.69) is 18.8 Å². The molecule has 0 aliphatic heterocycles. The molecule has 0 amide bonds. The van der Waals surface area contributed by atoms with E-state index in [0.29, 0.717) is 6.42 Å². The molecule has 0 spiro atoms. The first-order chi connectivity index (χ1) is 5.60. The molecular formula is C10H19NO. The van der Waals surface area contributed by atoms with Crippen LogP contribution < -0.4 is 5.32 Å². The molecular weight excluding hydrogens is 150 g/mol. The highest BCUT2D eigenvalue weighted by molar-refractivity contribution is 5.76. The van der Waals surface area contributed by atoms with Gasteiger partial charge in [0.2, 0.25) is 0 Å². The molecule has 0 aliphatic rings. The lowest BCUT2D eigenvalue weighted by molar-refractivity contribution is -0.117. The van der Waals surface area contributed by atoms with E-state index in [9.17, 15) is 4.79 Å². The van der Waals surface area contributed by atoms with E-state index in [1.54, 1.807) is 6.92 Å².